The summed E-state index contributed by atoms with van der Waals surface area (Å²) in [6, 6.07) is 19.7. The molecule has 0 saturated heterocycles. The average Bonchev–Trinajstić information content (AvgIpc) is 2.69. The van der Waals surface area contributed by atoms with Crippen LogP contribution in [0.1, 0.15) is 16.7 Å². The van der Waals surface area contributed by atoms with Crippen molar-refractivity contribution in [2.75, 3.05) is 12.5 Å². The Kier molecular flexibility index (Phi) is 6.05. The van der Waals surface area contributed by atoms with E-state index in [4.69, 9.17) is 9.47 Å². The summed E-state index contributed by atoms with van der Waals surface area (Å²) < 4.78 is 24.4. The summed E-state index contributed by atoms with van der Waals surface area (Å²) in [5.41, 5.74) is 6.72. The first kappa shape index (κ1) is 18.5. The molecule has 3 aromatic carbocycles. The van der Waals surface area contributed by atoms with Crippen molar-refractivity contribution in [3.63, 3.8) is 0 Å². The number of anilines is 1. The van der Waals surface area contributed by atoms with E-state index in [1.807, 2.05) is 49.4 Å². The predicted molar refractivity (Wildman–Crippen MR) is 106 cm³/mol. The normalized spacial score (nSPS) is 10.8. The van der Waals surface area contributed by atoms with Crippen molar-refractivity contribution in [2.45, 2.75) is 13.5 Å². The molecular weight excluding hydrogens is 343 g/mol. The van der Waals surface area contributed by atoms with Gasteiger partial charge in [0, 0.05) is 5.56 Å². The third-order valence-electron chi connectivity index (χ3n) is 3.97. The van der Waals surface area contributed by atoms with Gasteiger partial charge in [-0.1, -0.05) is 35.9 Å². The van der Waals surface area contributed by atoms with Crippen LogP contribution in [0.25, 0.3) is 0 Å². The zero-order valence-corrected chi connectivity index (χ0v) is 15.3. The van der Waals surface area contributed by atoms with Crippen LogP contribution in [0.15, 0.2) is 71.8 Å². The number of aryl methyl sites for hydroxylation is 1. The van der Waals surface area contributed by atoms with E-state index in [2.05, 4.69) is 10.5 Å². The van der Waals surface area contributed by atoms with Gasteiger partial charge in [-0.05, 0) is 48.9 Å². The lowest BCUT2D eigenvalue weighted by molar-refractivity contribution is 0.284. The second-order valence-electron chi connectivity index (χ2n) is 6.03. The van der Waals surface area contributed by atoms with Crippen molar-refractivity contribution in [1.29, 1.82) is 0 Å². The minimum Gasteiger partial charge on any atom is -0.493 e. The first-order chi connectivity index (χ1) is 13.2. The van der Waals surface area contributed by atoms with E-state index in [0.717, 1.165) is 16.8 Å². The van der Waals surface area contributed by atoms with Crippen molar-refractivity contribution in [3.8, 4) is 11.5 Å². The molecule has 0 bridgehead atoms. The lowest BCUT2D eigenvalue weighted by Crippen LogP contribution is -2.01. The Morgan fingerprint density at radius 1 is 1.00 bits per heavy atom. The van der Waals surface area contributed by atoms with Gasteiger partial charge in [-0.3, -0.25) is 5.43 Å². The molecule has 0 aromatic heterocycles. The molecule has 3 aromatic rings. The maximum atomic E-state index is 13.0. The van der Waals surface area contributed by atoms with E-state index in [0.29, 0.717) is 18.1 Å². The van der Waals surface area contributed by atoms with Gasteiger partial charge < -0.3 is 9.47 Å². The van der Waals surface area contributed by atoms with E-state index >= 15 is 0 Å². The van der Waals surface area contributed by atoms with Crippen molar-refractivity contribution in [2.24, 2.45) is 5.10 Å². The molecule has 27 heavy (non-hydrogen) atoms. The molecule has 0 fully saturated rings. The summed E-state index contributed by atoms with van der Waals surface area (Å²) in [7, 11) is 1.59. The summed E-state index contributed by atoms with van der Waals surface area (Å²) in [5.74, 6) is 0.918. The highest BCUT2D eigenvalue weighted by Gasteiger charge is 2.09. The van der Waals surface area contributed by atoms with Crippen LogP contribution >= 0.6 is 0 Å². The van der Waals surface area contributed by atoms with E-state index < -0.39 is 0 Å². The number of nitrogens with one attached hydrogen (secondary N) is 1. The summed E-state index contributed by atoms with van der Waals surface area (Å²) in [5, 5.41) is 4.28. The molecule has 0 spiro atoms. The molecule has 0 atom stereocenters. The smallest absolute Gasteiger partial charge is 0.170 e. The van der Waals surface area contributed by atoms with Crippen LogP contribution in [0.5, 0.6) is 11.5 Å². The van der Waals surface area contributed by atoms with Crippen LogP contribution in [-0.4, -0.2) is 13.3 Å². The van der Waals surface area contributed by atoms with Crippen molar-refractivity contribution in [1.82, 2.24) is 0 Å². The van der Waals surface area contributed by atoms with Crippen LogP contribution in [0.3, 0.4) is 0 Å². The van der Waals surface area contributed by atoms with Gasteiger partial charge in [0.05, 0.1) is 19.0 Å². The summed E-state index contributed by atoms with van der Waals surface area (Å²) >= 11 is 0. The SMILES string of the molecule is COc1cccc(C=NNc2ccc(C)cc2)c1OCc1ccc(F)cc1. The van der Waals surface area contributed by atoms with Crippen LogP contribution in [-0.2, 0) is 6.61 Å². The van der Waals surface area contributed by atoms with E-state index in [9.17, 15) is 4.39 Å². The van der Waals surface area contributed by atoms with Crippen LogP contribution < -0.4 is 14.9 Å². The zero-order valence-electron chi connectivity index (χ0n) is 15.3. The second-order valence-corrected chi connectivity index (χ2v) is 6.03. The summed E-state index contributed by atoms with van der Waals surface area (Å²) in [6.45, 7) is 2.33. The van der Waals surface area contributed by atoms with Gasteiger partial charge in [0.1, 0.15) is 12.4 Å². The molecule has 0 aliphatic heterocycles. The van der Waals surface area contributed by atoms with Crippen LogP contribution in [0, 0.1) is 12.7 Å². The second kappa shape index (κ2) is 8.85. The minimum absolute atomic E-state index is 0.272. The first-order valence-electron chi connectivity index (χ1n) is 8.55. The largest absolute Gasteiger partial charge is 0.493 e. The van der Waals surface area contributed by atoms with Crippen molar-refractivity contribution < 1.29 is 13.9 Å². The predicted octanol–water partition coefficient (Wildman–Crippen LogP) is 5.17. The van der Waals surface area contributed by atoms with Gasteiger partial charge in [0.15, 0.2) is 11.5 Å². The number of hydrogen-bond donors (Lipinski definition) is 1. The molecule has 5 heteroatoms. The fourth-order valence-electron chi connectivity index (χ4n) is 2.49. The van der Waals surface area contributed by atoms with E-state index in [1.165, 1.54) is 17.7 Å². The standard InChI is InChI=1S/C22H21FN2O2/c1-16-6-12-20(13-7-16)25-24-14-18-4-3-5-21(26-2)22(18)27-15-17-8-10-19(23)11-9-17/h3-14,25H,15H2,1-2H3. The minimum atomic E-state index is -0.272. The Labute approximate surface area is 158 Å². The quantitative estimate of drug-likeness (QED) is 0.465. The summed E-state index contributed by atoms with van der Waals surface area (Å²) in [4.78, 5) is 0. The molecule has 0 aliphatic rings. The van der Waals surface area contributed by atoms with Crippen molar-refractivity contribution in [3.05, 3.63) is 89.2 Å². The number of rotatable bonds is 7. The van der Waals surface area contributed by atoms with Crippen molar-refractivity contribution >= 4 is 11.9 Å². The Balaban J connectivity index is 1.75. The van der Waals surface area contributed by atoms with Gasteiger partial charge in [-0.2, -0.15) is 5.10 Å². The zero-order chi connectivity index (χ0) is 19.1. The lowest BCUT2D eigenvalue weighted by atomic mass is 10.2. The Hall–Kier alpha value is -3.34. The fourth-order valence-corrected chi connectivity index (χ4v) is 2.49. The monoisotopic (exact) mass is 364 g/mol. The molecule has 0 radical (unpaired) electrons. The summed E-state index contributed by atoms with van der Waals surface area (Å²) in [6.07, 6.45) is 1.68. The number of ether oxygens (including phenoxy) is 2. The van der Waals surface area contributed by atoms with Crippen LogP contribution in [0.4, 0.5) is 10.1 Å². The van der Waals surface area contributed by atoms with Gasteiger partial charge in [-0.25, -0.2) is 4.39 Å². The molecule has 0 heterocycles. The highest BCUT2D eigenvalue weighted by Crippen LogP contribution is 2.31. The molecule has 4 nitrogen and oxygen atoms in total. The van der Waals surface area contributed by atoms with E-state index in [-0.39, 0.29) is 5.82 Å². The van der Waals surface area contributed by atoms with E-state index in [1.54, 1.807) is 25.5 Å². The number of hydrogen-bond acceptors (Lipinski definition) is 4. The molecule has 138 valence electrons. The molecule has 0 unspecified atom stereocenters. The molecule has 0 saturated carbocycles. The number of hydrazone groups is 1. The maximum Gasteiger partial charge on any atom is 0.170 e. The molecule has 0 aliphatic carbocycles. The third-order valence-corrected chi connectivity index (χ3v) is 3.97. The van der Waals surface area contributed by atoms with Gasteiger partial charge in [0.25, 0.3) is 0 Å². The lowest BCUT2D eigenvalue weighted by Gasteiger charge is -2.13. The Morgan fingerprint density at radius 2 is 1.74 bits per heavy atom. The number of para-hydroxylation sites is 1. The molecule has 0 amide bonds. The fraction of sp³-hybridized carbons (Fsp3) is 0.136. The topological polar surface area (TPSA) is 42.8 Å². The van der Waals surface area contributed by atoms with Gasteiger partial charge in [-0.15, -0.1) is 0 Å². The Morgan fingerprint density at radius 3 is 2.44 bits per heavy atom. The third kappa shape index (κ3) is 5.07. The number of methoxy groups -OCH3 is 1. The van der Waals surface area contributed by atoms with Gasteiger partial charge >= 0.3 is 0 Å². The highest BCUT2D eigenvalue weighted by molar-refractivity contribution is 5.85. The first-order valence-corrected chi connectivity index (χ1v) is 8.55. The molecular formula is C22H21FN2O2. The molecule has 1 N–H and O–H groups in total. The number of nitrogens with zero attached hydrogens (tertiary/aromatic N) is 1. The maximum absolute atomic E-state index is 13.0. The van der Waals surface area contributed by atoms with Gasteiger partial charge in [0.2, 0.25) is 0 Å². The van der Waals surface area contributed by atoms with Crippen LogP contribution in [0.2, 0.25) is 0 Å². The highest BCUT2D eigenvalue weighted by atomic mass is 19.1. The molecule has 3 rings (SSSR count). The Bertz CT molecular complexity index is 907. The number of halogens is 1. The number of benzene rings is 3. The average molecular weight is 364 g/mol.